The standard InChI is InChI=1S/C43H68O11/c1-14-17-34-28(7)36(51-31(10)44)23-37(53-34)29(8)40(47)30(9)42-35(49-12)19-16-18-24(3)20-27(6)41(52-32(11)45)33(15-2)39(46)26(5)21-25(4)22-38(50-13)43(48)54-42/h14,16-19,21-22,26-30,33-37,39-42,46-47H,15,20,23H2,1-13H3/b17-14+,19-16+,24-18+,25-21+,38-22-/t26-,27-,28-,29-,30+,33-,34-,35+,36-,37-,39-,40+,41-,42-/m1/s1. The van der Waals surface area contributed by atoms with Crippen LogP contribution in [0.4, 0.5) is 0 Å². The molecule has 2 N–H and O–H groups in total. The van der Waals surface area contributed by atoms with Crippen LogP contribution in [0.2, 0.25) is 0 Å². The van der Waals surface area contributed by atoms with Gasteiger partial charge in [0.25, 0.3) is 0 Å². The van der Waals surface area contributed by atoms with E-state index in [9.17, 15) is 24.6 Å². The fraction of sp³-hybridized carbons (Fsp3) is 0.698. The zero-order chi connectivity index (χ0) is 40.9. The Balaban J connectivity index is 2.62. The summed E-state index contributed by atoms with van der Waals surface area (Å²) in [5.74, 6) is -3.60. The van der Waals surface area contributed by atoms with Crippen molar-refractivity contribution in [2.45, 2.75) is 144 Å². The summed E-state index contributed by atoms with van der Waals surface area (Å²) in [6.07, 6.45) is 9.03. The number of hydrogen-bond acceptors (Lipinski definition) is 11. The second kappa shape index (κ2) is 22.3. The van der Waals surface area contributed by atoms with Gasteiger partial charge in [0.1, 0.15) is 24.4 Å². The molecule has 0 aromatic carbocycles. The quantitative estimate of drug-likeness (QED) is 0.137. The Kier molecular flexibility index (Phi) is 19.4. The Morgan fingerprint density at radius 2 is 1.70 bits per heavy atom. The first-order valence-electron chi connectivity index (χ1n) is 19.4. The van der Waals surface area contributed by atoms with Crippen LogP contribution >= 0.6 is 0 Å². The number of hydrogen-bond donors (Lipinski definition) is 2. The van der Waals surface area contributed by atoms with E-state index in [2.05, 4.69) is 0 Å². The van der Waals surface area contributed by atoms with Crippen molar-refractivity contribution in [3.05, 3.63) is 59.4 Å². The van der Waals surface area contributed by atoms with E-state index in [-0.39, 0.29) is 41.5 Å². The Morgan fingerprint density at radius 1 is 1.06 bits per heavy atom. The predicted molar refractivity (Wildman–Crippen MR) is 208 cm³/mol. The minimum Gasteiger partial charge on any atom is -0.490 e. The van der Waals surface area contributed by atoms with E-state index < -0.39 is 66.5 Å². The van der Waals surface area contributed by atoms with Gasteiger partial charge in [-0.15, -0.1) is 0 Å². The number of ether oxygens (including phenoxy) is 6. The molecule has 0 unspecified atom stereocenters. The maximum atomic E-state index is 13.8. The van der Waals surface area contributed by atoms with Crippen LogP contribution in [-0.2, 0) is 42.8 Å². The molecule has 14 atom stereocenters. The lowest BCUT2D eigenvalue weighted by Crippen LogP contribution is -2.51. The summed E-state index contributed by atoms with van der Waals surface area (Å²) in [6.45, 7) is 20.0. The van der Waals surface area contributed by atoms with E-state index in [4.69, 9.17) is 28.4 Å². The Hall–Kier alpha value is -3.25. The van der Waals surface area contributed by atoms with Crippen LogP contribution in [0.5, 0.6) is 0 Å². The third-order valence-corrected chi connectivity index (χ3v) is 11.0. The SMILES string of the molecule is C/C=C/[C@H]1O[C@@H]([C@@H](C)[C@H](O)[C@H](C)[C@H]2OC(=O)/C(OC)=C/C(C)=C/[C@@H](C)[C@@H](O)[C@@H](CC)[C@H](OC(C)=O)[C@H](C)C/C(C)=C/C=C/[C@@H]2OC)C[C@@H](OC(C)=O)[C@@H]1C. The lowest BCUT2D eigenvalue weighted by Gasteiger charge is -2.43. The summed E-state index contributed by atoms with van der Waals surface area (Å²) in [5.41, 5.74) is 1.66. The fourth-order valence-electron chi connectivity index (χ4n) is 7.89. The number of aliphatic hydroxyl groups excluding tert-OH is 2. The number of rotatable bonds is 10. The molecule has 0 radical (unpaired) electrons. The average Bonchev–Trinajstić information content (AvgIpc) is 3.11. The van der Waals surface area contributed by atoms with Gasteiger partial charge in [-0.2, -0.15) is 0 Å². The van der Waals surface area contributed by atoms with Crippen LogP contribution in [0, 0.1) is 35.5 Å². The van der Waals surface area contributed by atoms with Crippen molar-refractivity contribution in [1.82, 2.24) is 0 Å². The first-order chi connectivity index (χ1) is 25.4. The second-order valence-corrected chi connectivity index (χ2v) is 15.4. The van der Waals surface area contributed by atoms with E-state index >= 15 is 0 Å². The first kappa shape index (κ1) is 46.9. The molecule has 0 saturated carbocycles. The zero-order valence-electron chi connectivity index (χ0n) is 34.8. The average molecular weight is 761 g/mol. The lowest BCUT2D eigenvalue weighted by atomic mass is 9.79. The third-order valence-electron chi connectivity index (χ3n) is 11.0. The molecule has 306 valence electrons. The molecular formula is C43H68O11. The van der Waals surface area contributed by atoms with Gasteiger partial charge in [0.15, 0.2) is 0 Å². The molecule has 0 aliphatic carbocycles. The Labute approximate surface area is 323 Å². The molecule has 2 heterocycles. The van der Waals surface area contributed by atoms with E-state index in [1.165, 1.54) is 28.1 Å². The molecule has 1 fully saturated rings. The summed E-state index contributed by atoms with van der Waals surface area (Å²) >= 11 is 0. The fourth-order valence-corrected chi connectivity index (χ4v) is 7.89. The molecule has 2 aliphatic heterocycles. The van der Waals surface area contributed by atoms with Gasteiger partial charge in [-0.1, -0.05) is 89.1 Å². The van der Waals surface area contributed by atoms with Crippen LogP contribution in [-0.4, -0.2) is 91.2 Å². The first-order valence-corrected chi connectivity index (χ1v) is 19.4. The predicted octanol–water partition coefficient (Wildman–Crippen LogP) is 6.82. The van der Waals surface area contributed by atoms with Gasteiger partial charge >= 0.3 is 17.9 Å². The minimum absolute atomic E-state index is 0.0673. The van der Waals surface area contributed by atoms with E-state index in [0.29, 0.717) is 24.8 Å². The van der Waals surface area contributed by atoms with Crippen molar-refractivity contribution in [3.8, 4) is 0 Å². The number of aliphatic hydroxyl groups is 2. The highest BCUT2D eigenvalue weighted by Crippen LogP contribution is 2.36. The Morgan fingerprint density at radius 3 is 2.26 bits per heavy atom. The van der Waals surface area contributed by atoms with Crippen molar-refractivity contribution in [2.75, 3.05) is 14.2 Å². The van der Waals surface area contributed by atoms with Gasteiger partial charge in [-0.25, -0.2) is 4.79 Å². The third kappa shape index (κ3) is 13.2. The zero-order valence-corrected chi connectivity index (χ0v) is 34.8. The molecule has 0 aromatic heterocycles. The van der Waals surface area contributed by atoms with E-state index in [1.54, 1.807) is 26.0 Å². The number of carbonyl (C=O) groups is 3. The number of cyclic esters (lactones) is 1. The van der Waals surface area contributed by atoms with Crippen molar-refractivity contribution >= 4 is 17.9 Å². The smallest absolute Gasteiger partial charge is 0.373 e. The monoisotopic (exact) mass is 760 g/mol. The van der Waals surface area contributed by atoms with Gasteiger partial charge in [-0.05, 0) is 45.6 Å². The maximum absolute atomic E-state index is 13.8. The Bertz CT molecular complexity index is 1380. The normalized spacial score (nSPS) is 37.4. The summed E-state index contributed by atoms with van der Waals surface area (Å²) < 4.78 is 35.6. The van der Waals surface area contributed by atoms with Crippen LogP contribution < -0.4 is 0 Å². The second-order valence-electron chi connectivity index (χ2n) is 15.4. The van der Waals surface area contributed by atoms with E-state index in [1.807, 2.05) is 78.8 Å². The highest BCUT2D eigenvalue weighted by Gasteiger charge is 2.44. The van der Waals surface area contributed by atoms with Crippen LogP contribution in [0.25, 0.3) is 0 Å². The van der Waals surface area contributed by atoms with Crippen LogP contribution in [0.3, 0.4) is 0 Å². The number of methoxy groups -OCH3 is 2. The molecule has 11 nitrogen and oxygen atoms in total. The van der Waals surface area contributed by atoms with Crippen LogP contribution in [0.1, 0.15) is 95.4 Å². The highest BCUT2D eigenvalue weighted by molar-refractivity contribution is 5.87. The summed E-state index contributed by atoms with van der Waals surface area (Å²) in [6, 6.07) is 0. The topological polar surface area (TPSA) is 147 Å². The molecule has 54 heavy (non-hydrogen) atoms. The van der Waals surface area contributed by atoms with Crippen molar-refractivity contribution in [3.63, 3.8) is 0 Å². The minimum atomic E-state index is -1.03. The largest absolute Gasteiger partial charge is 0.490 e. The van der Waals surface area contributed by atoms with Crippen molar-refractivity contribution in [1.29, 1.82) is 0 Å². The molecule has 1 saturated heterocycles. The van der Waals surface area contributed by atoms with Crippen LogP contribution in [0.15, 0.2) is 59.4 Å². The summed E-state index contributed by atoms with van der Waals surface area (Å²) in [4.78, 5) is 38.1. The lowest BCUT2D eigenvalue weighted by molar-refractivity contribution is -0.181. The van der Waals surface area contributed by atoms with Gasteiger partial charge in [0, 0.05) is 57.0 Å². The molecule has 0 spiro atoms. The van der Waals surface area contributed by atoms with Gasteiger partial charge in [0.05, 0.1) is 31.5 Å². The number of esters is 3. The van der Waals surface area contributed by atoms with Gasteiger partial charge in [0.2, 0.25) is 5.76 Å². The molecule has 2 rings (SSSR count). The van der Waals surface area contributed by atoms with Gasteiger partial charge < -0.3 is 38.6 Å². The van der Waals surface area contributed by atoms with E-state index in [0.717, 1.165) is 5.57 Å². The van der Waals surface area contributed by atoms with Crippen molar-refractivity contribution < 1.29 is 53.0 Å². The number of allylic oxidation sites excluding steroid dienone is 6. The van der Waals surface area contributed by atoms with Gasteiger partial charge in [-0.3, -0.25) is 9.59 Å². The highest BCUT2D eigenvalue weighted by atomic mass is 16.6. The molecule has 0 aromatic rings. The molecule has 0 amide bonds. The van der Waals surface area contributed by atoms with Crippen molar-refractivity contribution in [2.24, 2.45) is 35.5 Å². The summed E-state index contributed by atoms with van der Waals surface area (Å²) in [7, 11) is 2.89. The maximum Gasteiger partial charge on any atom is 0.373 e. The molecular weight excluding hydrogens is 692 g/mol. The summed E-state index contributed by atoms with van der Waals surface area (Å²) in [5, 5.41) is 23.5. The molecule has 11 heteroatoms. The molecule has 2 aliphatic rings. The number of carbonyl (C=O) groups excluding carboxylic acids is 3. The molecule has 0 bridgehead atoms.